The van der Waals surface area contributed by atoms with Gasteiger partial charge in [0.25, 0.3) is 0 Å². The predicted molar refractivity (Wildman–Crippen MR) is 127 cm³/mol. The summed E-state index contributed by atoms with van der Waals surface area (Å²) in [7, 11) is -2.87. The van der Waals surface area contributed by atoms with Crippen molar-refractivity contribution in [2.24, 2.45) is 5.92 Å². The van der Waals surface area contributed by atoms with Gasteiger partial charge in [-0.15, -0.1) is 0 Å². The zero-order chi connectivity index (χ0) is 20.3. The average molecular weight is 411 g/mol. The maximum absolute atomic E-state index is 15.5. The molecule has 6 rings (SSSR count). The van der Waals surface area contributed by atoms with Gasteiger partial charge < -0.3 is 9.88 Å². The third kappa shape index (κ3) is 2.23. The zero-order valence-corrected chi connectivity index (χ0v) is 18.2. The summed E-state index contributed by atoms with van der Waals surface area (Å²) in [5.41, 5.74) is 5.87. The number of fused-ring (bicyclic) bond motifs is 6. The molecule has 1 saturated carbocycles. The van der Waals surface area contributed by atoms with Crippen LogP contribution in [-0.2, 0) is 4.57 Å². The fraction of sp³-hybridized carbons (Fsp3) is 0.259. The Balaban J connectivity index is 1.78. The molecule has 0 aromatic heterocycles. The van der Waals surface area contributed by atoms with E-state index in [4.69, 9.17) is 0 Å². The average Bonchev–Trinajstić information content (AvgIpc) is 2.90. The summed E-state index contributed by atoms with van der Waals surface area (Å²) in [5.74, 6) is 0.321. The lowest BCUT2D eigenvalue weighted by Gasteiger charge is -2.42. The highest BCUT2D eigenvalue weighted by molar-refractivity contribution is 7.83. The van der Waals surface area contributed by atoms with E-state index in [0.717, 1.165) is 46.8 Å². The SMILES string of the molecule is CC12CCCCC1C1=C(c3ccccc3Nc3ccccc31)P2(=O)c1ccccc1. The Morgan fingerprint density at radius 3 is 2.23 bits per heavy atom. The van der Waals surface area contributed by atoms with Crippen molar-refractivity contribution in [2.45, 2.75) is 37.8 Å². The number of para-hydroxylation sites is 2. The molecule has 1 aliphatic carbocycles. The number of nitrogens with one attached hydrogen (secondary N) is 1. The van der Waals surface area contributed by atoms with Crippen molar-refractivity contribution >= 4 is 34.7 Å². The van der Waals surface area contributed by atoms with Crippen LogP contribution in [0, 0.1) is 5.92 Å². The standard InChI is InChI=1S/C27H26NOP/c1-27-18-10-9-15-22(27)25-20-13-5-7-16-23(20)28-24-17-8-6-14-21(24)26(25)30(27,29)19-11-3-2-4-12-19/h2-8,11-14,16-17,22,28H,9-10,15,18H2,1H3. The van der Waals surface area contributed by atoms with Gasteiger partial charge in [-0.05, 0) is 36.5 Å². The molecule has 3 aromatic rings. The van der Waals surface area contributed by atoms with Gasteiger partial charge in [0.15, 0.2) is 0 Å². The number of benzene rings is 3. The summed E-state index contributed by atoms with van der Waals surface area (Å²) >= 11 is 0. The second-order valence-electron chi connectivity index (χ2n) is 9.08. The van der Waals surface area contributed by atoms with Crippen molar-refractivity contribution in [2.75, 3.05) is 5.32 Å². The molecule has 150 valence electrons. The van der Waals surface area contributed by atoms with Gasteiger partial charge in [-0.1, -0.05) is 86.5 Å². The van der Waals surface area contributed by atoms with Gasteiger partial charge in [-0.3, -0.25) is 0 Å². The van der Waals surface area contributed by atoms with Gasteiger partial charge in [0, 0.05) is 38.3 Å². The quantitative estimate of drug-likeness (QED) is 0.427. The lowest BCUT2D eigenvalue weighted by molar-refractivity contribution is 0.341. The van der Waals surface area contributed by atoms with Crippen molar-refractivity contribution < 1.29 is 4.57 Å². The van der Waals surface area contributed by atoms with Crippen LogP contribution in [0.25, 0.3) is 10.9 Å². The van der Waals surface area contributed by atoms with E-state index >= 15 is 4.57 Å². The van der Waals surface area contributed by atoms with Crippen molar-refractivity contribution in [1.82, 2.24) is 0 Å². The number of hydrogen-bond acceptors (Lipinski definition) is 2. The van der Waals surface area contributed by atoms with E-state index in [2.05, 4.69) is 72.9 Å². The van der Waals surface area contributed by atoms with Crippen LogP contribution in [0.1, 0.15) is 43.7 Å². The van der Waals surface area contributed by atoms with E-state index in [9.17, 15) is 0 Å². The molecule has 2 nitrogen and oxygen atoms in total. The molecule has 3 heteroatoms. The van der Waals surface area contributed by atoms with Gasteiger partial charge in [-0.25, -0.2) is 0 Å². The van der Waals surface area contributed by atoms with Gasteiger partial charge >= 0.3 is 0 Å². The molecule has 3 atom stereocenters. The summed E-state index contributed by atoms with van der Waals surface area (Å²) in [4.78, 5) is 0. The third-order valence-corrected chi connectivity index (χ3v) is 11.7. The van der Waals surface area contributed by atoms with Crippen LogP contribution in [0.2, 0.25) is 0 Å². The first-order valence-corrected chi connectivity index (χ1v) is 12.7. The summed E-state index contributed by atoms with van der Waals surface area (Å²) in [6, 6.07) is 27.3. The van der Waals surface area contributed by atoms with Crippen LogP contribution in [0.15, 0.2) is 78.9 Å². The van der Waals surface area contributed by atoms with Crippen molar-refractivity contribution in [3.8, 4) is 0 Å². The van der Waals surface area contributed by atoms with Crippen molar-refractivity contribution in [3.63, 3.8) is 0 Å². The molecule has 0 amide bonds. The second-order valence-corrected chi connectivity index (χ2v) is 12.3. The van der Waals surface area contributed by atoms with Crippen LogP contribution < -0.4 is 10.6 Å². The van der Waals surface area contributed by atoms with Crippen LogP contribution in [0.3, 0.4) is 0 Å². The van der Waals surface area contributed by atoms with Crippen LogP contribution >= 0.6 is 7.14 Å². The Hall–Kier alpha value is -2.57. The lowest BCUT2D eigenvalue weighted by Crippen LogP contribution is -2.37. The smallest absolute Gasteiger partial charge is 0.150 e. The molecule has 30 heavy (non-hydrogen) atoms. The van der Waals surface area contributed by atoms with Gasteiger partial charge in [0.1, 0.15) is 7.14 Å². The Morgan fingerprint density at radius 1 is 0.833 bits per heavy atom. The molecule has 2 aliphatic heterocycles. The molecule has 1 fully saturated rings. The van der Waals surface area contributed by atoms with E-state index in [1.165, 1.54) is 17.6 Å². The lowest BCUT2D eigenvalue weighted by atomic mass is 9.73. The Morgan fingerprint density at radius 2 is 1.47 bits per heavy atom. The van der Waals surface area contributed by atoms with Gasteiger partial charge in [0.05, 0.1) is 0 Å². The van der Waals surface area contributed by atoms with Crippen LogP contribution in [0.4, 0.5) is 11.4 Å². The molecule has 1 N–H and O–H groups in total. The van der Waals surface area contributed by atoms with E-state index < -0.39 is 7.14 Å². The summed E-state index contributed by atoms with van der Waals surface area (Å²) in [6.07, 6.45) is 4.51. The van der Waals surface area contributed by atoms with E-state index in [1.807, 2.05) is 18.2 Å². The number of rotatable bonds is 1. The number of anilines is 2. The van der Waals surface area contributed by atoms with E-state index in [0.29, 0.717) is 5.92 Å². The molecule has 3 aliphatic rings. The predicted octanol–water partition coefficient (Wildman–Crippen LogP) is 7.26. The Bertz CT molecular complexity index is 1230. The fourth-order valence-electron chi connectivity index (χ4n) is 6.20. The van der Waals surface area contributed by atoms with Crippen molar-refractivity contribution in [3.05, 3.63) is 90.0 Å². The second kappa shape index (κ2) is 6.46. The van der Waals surface area contributed by atoms with Crippen molar-refractivity contribution in [1.29, 1.82) is 0 Å². The summed E-state index contributed by atoms with van der Waals surface area (Å²) < 4.78 is 15.5. The molecule has 0 saturated heterocycles. The molecule has 2 heterocycles. The monoisotopic (exact) mass is 411 g/mol. The zero-order valence-electron chi connectivity index (χ0n) is 17.3. The Labute approximate surface area is 178 Å². The first-order chi connectivity index (χ1) is 14.6. The molecule has 3 unspecified atom stereocenters. The van der Waals surface area contributed by atoms with Gasteiger partial charge in [-0.2, -0.15) is 0 Å². The maximum atomic E-state index is 15.5. The van der Waals surface area contributed by atoms with Crippen LogP contribution in [-0.4, -0.2) is 5.16 Å². The largest absolute Gasteiger partial charge is 0.355 e. The number of allylic oxidation sites excluding steroid dienone is 1. The first kappa shape index (κ1) is 18.2. The maximum Gasteiger partial charge on any atom is 0.150 e. The van der Waals surface area contributed by atoms with E-state index in [-0.39, 0.29) is 5.16 Å². The highest BCUT2D eigenvalue weighted by Crippen LogP contribution is 2.80. The molecule has 0 radical (unpaired) electrons. The minimum absolute atomic E-state index is 0.227. The fourth-order valence-corrected chi connectivity index (χ4v) is 10.5. The summed E-state index contributed by atoms with van der Waals surface area (Å²) in [6.45, 7) is 2.32. The van der Waals surface area contributed by atoms with Crippen LogP contribution in [0.5, 0.6) is 0 Å². The minimum Gasteiger partial charge on any atom is -0.355 e. The molecule has 0 spiro atoms. The molecular formula is C27H26NOP. The molecular weight excluding hydrogens is 385 g/mol. The summed E-state index contributed by atoms with van der Waals surface area (Å²) in [5, 5.41) is 5.56. The first-order valence-electron chi connectivity index (χ1n) is 11.0. The molecule has 3 aromatic carbocycles. The topological polar surface area (TPSA) is 29.1 Å². The number of hydrogen-bond donors (Lipinski definition) is 1. The Kier molecular flexibility index (Phi) is 3.92. The highest BCUT2D eigenvalue weighted by Gasteiger charge is 2.61. The highest BCUT2D eigenvalue weighted by atomic mass is 31.2. The van der Waals surface area contributed by atoms with E-state index in [1.54, 1.807) is 0 Å². The normalized spacial score (nSPS) is 29.2. The molecule has 0 bridgehead atoms. The van der Waals surface area contributed by atoms with Gasteiger partial charge in [0.2, 0.25) is 0 Å². The third-order valence-electron chi connectivity index (χ3n) is 7.60. The minimum atomic E-state index is -2.87.